The second-order valence-electron chi connectivity index (χ2n) is 8.70. The first kappa shape index (κ1) is 28.4. The van der Waals surface area contributed by atoms with Crippen LogP contribution in [0.3, 0.4) is 0 Å². The molecule has 1 aromatic heterocycles. The van der Waals surface area contributed by atoms with E-state index in [1.165, 1.54) is 12.2 Å². The molecule has 0 radical (unpaired) electrons. The molecule has 0 spiro atoms. The lowest BCUT2D eigenvalue weighted by Crippen LogP contribution is -2.48. The van der Waals surface area contributed by atoms with Crippen LogP contribution in [0.1, 0.15) is 22.5 Å². The number of carboxylic acid groups (broad SMARTS) is 2. The third-order valence-electron chi connectivity index (χ3n) is 6.13. The zero-order chi connectivity index (χ0) is 27.9. The Morgan fingerprint density at radius 1 is 1.10 bits per heavy atom. The number of anilines is 1. The van der Waals surface area contributed by atoms with Crippen LogP contribution in [0.25, 0.3) is 10.4 Å². The van der Waals surface area contributed by atoms with E-state index in [-0.39, 0.29) is 27.5 Å². The summed E-state index contributed by atoms with van der Waals surface area (Å²) in [6.45, 7) is 0.757. The Kier molecular flexibility index (Phi) is 9.41. The van der Waals surface area contributed by atoms with Gasteiger partial charge in [-0.2, -0.15) is 5.06 Å². The number of hydroxylamine groups is 1. The van der Waals surface area contributed by atoms with Gasteiger partial charge < -0.3 is 25.0 Å². The molecule has 0 saturated carbocycles. The number of carboxylic acids is 2. The Morgan fingerprint density at radius 3 is 2.46 bits per heavy atom. The Bertz CT molecular complexity index is 1330. The van der Waals surface area contributed by atoms with Crippen LogP contribution in [-0.4, -0.2) is 61.0 Å². The second-order valence-corrected chi connectivity index (χ2v) is 10.1. The number of halogens is 1. The fourth-order valence-electron chi connectivity index (χ4n) is 4.34. The molecule has 39 heavy (non-hydrogen) atoms. The van der Waals surface area contributed by atoms with E-state index in [0.717, 1.165) is 37.3 Å². The second kappa shape index (κ2) is 12.9. The number of ether oxygens (including phenoxy) is 2. The summed E-state index contributed by atoms with van der Waals surface area (Å²) in [6.07, 6.45) is 0.599. The number of carbonyl (C=O) groups is 3. The third-order valence-corrected chi connectivity index (χ3v) is 7.81. The van der Waals surface area contributed by atoms with Crippen molar-refractivity contribution in [1.82, 2.24) is 5.32 Å². The number of nitrogens with one attached hydrogen (secondary N) is 1. The summed E-state index contributed by atoms with van der Waals surface area (Å²) in [4.78, 5) is 42.1. The molecule has 206 valence electrons. The molecule has 1 amide bonds. The summed E-state index contributed by atoms with van der Waals surface area (Å²) in [5, 5.41) is 23.1. The van der Waals surface area contributed by atoms with Crippen LogP contribution in [-0.2, 0) is 14.4 Å². The molecule has 12 heteroatoms. The number of piperidine rings is 1. The van der Waals surface area contributed by atoms with Gasteiger partial charge in [0.15, 0.2) is 23.3 Å². The molecule has 10 nitrogen and oxygen atoms in total. The van der Waals surface area contributed by atoms with Gasteiger partial charge in [-0.05, 0) is 55.8 Å². The van der Waals surface area contributed by atoms with Gasteiger partial charge in [-0.1, -0.05) is 41.9 Å². The zero-order valence-electron chi connectivity index (χ0n) is 21.0. The highest BCUT2D eigenvalue weighted by Gasteiger charge is 2.36. The minimum atomic E-state index is -1.29. The molecular formula is C27H27ClN2O8S. The standard InChI is InChI=1S/C27H27ClN2O8S/c1-36-30(18-7-3-2-4-8-18)26(33)22(16-10-12-29-13-11-16)38-19-9-5-6-17(14-19)24-21(28)23(37-15-20(31)32)25(39-24)27(34)35/h2-9,14,16,22,29H,10-13,15H2,1H3,(H,31,32)(H,34,35). The Morgan fingerprint density at radius 2 is 1.82 bits per heavy atom. The molecule has 1 unspecified atom stereocenters. The van der Waals surface area contributed by atoms with Crippen molar-refractivity contribution in [1.29, 1.82) is 0 Å². The maximum absolute atomic E-state index is 13.7. The number of benzene rings is 2. The van der Waals surface area contributed by atoms with Gasteiger partial charge >= 0.3 is 11.9 Å². The Balaban J connectivity index is 1.66. The van der Waals surface area contributed by atoms with E-state index >= 15 is 0 Å². The molecule has 1 saturated heterocycles. The first-order valence-corrected chi connectivity index (χ1v) is 13.3. The van der Waals surface area contributed by atoms with Crippen molar-refractivity contribution >= 4 is 46.5 Å². The van der Waals surface area contributed by atoms with Crippen molar-refractivity contribution in [3.63, 3.8) is 0 Å². The maximum atomic E-state index is 13.7. The normalized spacial score (nSPS) is 14.4. The number of nitrogens with zero attached hydrogens (tertiary/aromatic N) is 1. The van der Waals surface area contributed by atoms with E-state index < -0.39 is 24.6 Å². The molecule has 2 aromatic carbocycles. The highest BCUT2D eigenvalue weighted by Crippen LogP contribution is 2.46. The van der Waals surface area contributed by atoms with Crippen molar-refractivity contribution < 1.29 is 38.9 Å². The maximum Gasteiger partial charge on any atom is 0.349 e. The molecular weight excluding hydrogens is 548 g/mol. The fourth-order valence-corrected chi connectivity index (χ4v) is 5.74. The van der Waals surface area contributed by atoms with Crippen LogP contribution >= 0.6 is 22.9 Å². The molecule has 1 atom stereocenters. The predicted molar refractivity (Wildman–Crippen MR) is 146 cm³/mol. The largest absolute Gasteiger partial charge is 0.480 e. The first-order chi connectivity index (χ1) is 18.8. The summed E-state index contributed by atoms with van der Waals surface area (Å²) in [7, 11) is 1.42. The highest BCUT2D eigenvalue weighted by molar-refractivity contribution is 7.18. The molecule has 3 aromatic rings. The number of hydrogen-bond donors (Lipinski definition) is 3. The van der Waals surface area contributed by atoms with E-state index in [0.29, 0.717) is 21.9 Å². The smallest absolute Gasteiger partial charge is 0.349 e. The van der Waals surface area contributed by atoms with E-state index in [9.17, 15) is 19.5 Å². The highest BCUT2D eigenvalue weighted by atomic mass is 35.5. The van der Waals surface area contributed by atoms with Gasteiger partial charge in [0.1, 0.15) is 10.8 Å². The van der Waals surface area contributed by atoms with Gasteiger partial charge in [-0.3, -0.25) is 9.63 Å². The van der Waals surface area contributed by atoms with Crippen LogP contribution in [0.15, 0.2) is 54.6 Å². The summed E-state index contributed by atoms with van der Waals surface area (Å²) < 4.78 is 11.5. The molecule has 0 bridgehead atoms. The van der Waals surface area contributed by atoms with Crippen molar-refractivity contribution in [2.45, 2.75) is 18.9 Å². The van der Waals surface area contributed by atoms with Gasteiger partial charge in [0.25, 0.3) is 5.91 Å². The number of amides is 1. The van der Waals surface area contributed by atoms with Gasteiger partial charge in [0.05, 0.1) is 17.7 Å². The summed E-state index contributed by atoms with van der Waals surface area (Å²) in [6, 6.07) is 15.8. The van der Waals surface area contributed by atoms with Crippen molar-refractivity contribution in [3.8, 4) is 21.9 Å². The van der Waals surface area contributed by atoms with Crippen molar-refractivity contribution in [3.05, 3.63) is 64.5 Å². The predicted octanol–water partition coefficient (Wildman–Crippen LogP) is 4.57. The van der Waals surface area contributed by atoms with Crippen LogP contribution in [0, 0.1) is 5.92 Å². The molecule has 1 aliphatic heterocycles. The molecule has 1 fully saturated rings. The first-order valence-electron chi connectivity index (χ1n) is 12.1. The Hall–Kier alpha value is -3.64. The van der Waals surface area contributed by atoms with Crippen LogP contribution in [0.5, 0.6) is 11.5 Å². The molecule has 0 aliphatic carbocycles. The quantitative estimate of drug-likeness (QED) is 0.281. The van der Waals surface area contributed by atoms with E-state index in [1.54, 1.807) is 36.4 Å². The molecule has 2 heterocycles. The number of aromatic carboxylic acids is 1. The average Bonchev–Trinajstić information content (AvgIpc) is 3.28. The van der Waals surface area contributed by atoms with Crippen LogP contribution in [0.2, 0.25) is 5.02 Å². The monoisotopic (exact) mass is 574 g/mol. The lowest BCUT2D eigenvalue weighted by molar-refractivity contribution is -0.139. The van der Waals surface area contributed by atoms with E-state index in [1.807, 2.05) is 18.2 Å². The number of rotatable bonds is 11. The van der Waals surface area contributed by atoms with Gasteiger partial charge in [0.2, 0.25) is 0 Å². The summed E-state index contributed by atoms with van der Waals surface area (Å²) in [5.41, 5.74) is 1.10. The lowest BCUT2D eigenvalue weighted by Gasteiger charge is -2.33. The SMILES string of the molecule is CON(C(=O)C(Oc1cccc(-c2sc(C(=O)O)c(OCC(=O)O)c2Cl)c1)C1CCNCC1)c1ccccc1. The van der Waals surface area contributed by atoms with E-state index in [4.69, 9.17) is 31.0 Å². The molecule has 3 N–H and O–H groups in total. The lowest BCUT2D eigenvalue weighted by atomic mass is 9.91. The van der Waals surface area contributed by atoms with Gasteiger partial charge in [-0.25, -0.2) is 9.59 Å². The van der Waals surface area contributed by atoms with Crippen LogP contribution in [0.4, 0.5) is 5.69 Å². The van der Waals surface area contributed by atoms with Crippen molar-refractivity contribution in [2.24, 2.45) is 5.92 Å². The third kappa shape index (κ3) is 6.69. The number of aliphatic carboxylic acids is 1. The van der Waals surface area contributed by atoms with Gasteiger partial charge in [-0.15, -0.1) is 11.3 Å². The summed E-state index contributed by atoms with van der Waals surface area (Å²) >= 11 is 7.31. The molecule has 4 rings (SSSR count). The number of para-hydroxylation sites is 1. The van der Waals surface area contributed by atoms with E-state index in [2.05, 4.69) is 5.32 Å². The number of carbonyl (C=O) groups excluding carboxylic acids is 1. The zero-order valence-corrected chi connectivity index (χ0v) is 22.5. The average molecular weight is 575 g/mol. The minimum Gasteiger partial charge on any atom is -0.480 e. The minimum absolute atomic E-state index is 0.0172. The Labute approximate surface area is 233 Å². The molecule has 1 aliphatic rings. The number of hydrogen-bond acceptors (Lipinski definition) is 8. The van der Waals surface area contributed by atoms with Crippen LogP contribution < -0.4 is 19.9 Å². The topological polar surface area (TPSA) is 135 Å². The number of thiophene rings is 1. The van der Waals surface area contributed by atoms with Crippen molar-refractivity contribution in [2.75, 3.05) is 31.9 Å². The fraction of sp³-hybridized carbons (Fsp3) is 0.296. The van der Waals surface area contributed by atoms with Gasteiger partial charge in [0, 0.05) is 5.92 Å². The summed E-state index contributed by atoms with van der Waals surface area (Å²) in [5.74, 6) is -2.82.